The third-order valence-corrected chi connectivity index (χ3v) is 5.34. The van der Waals surface area contributed by atoms with Crippen molar-refractivity contribution in [2.45, 2.75) is 25.4 Å². The molecule has 3 rings (SSSR count). The highest BCUT2D eigenvalue weighted by Crippen LogP contribution is 2.30. The summed E-state index contributed by atoms with van der Waals surface area (Å²) < 4.78 is 1.79. The lowest BCUT2D eigenvalue weighted by molar-refractivity contribution is 0.178. The molecule has 2 amide bonds. The van der Waals surface area contributed by atoms with Crippen LogP contribution in [0.4, 0.5) is 4.79 Å². The van der Waals surface area contributed by atoms with Gasteiger partial charge >= 0.3 is 6.03 Å². The summed E-state index contributed by atoms with van der Waals surface area (Å²) in [7, 11) is 1.90. The lowest BCUT2D eigenvalue weighted by Gasteiger charge is -2.36. The molecule has 1 aliphatic heterocycles. The minimum atomic E-state index is -0.00665. The third-order valence-electron chi connectivity index (χ3n) is 4.31. The van der Waals surface area contributed by atoms with Crippen molar-refractivity contribution >= 4 is 17.8 Å². The van der Waals surface area contributed by atoms with Gasteiger partial charge in [0.2, 0.25) is 0 Å². The van der Waals surface area contributed by atoms with Gasteiger partial charge in [-0.15, -0.1) is 0 Å². The van der Waals surface area contributed by atoms with Gasteiger partial charge in [-0.1, -0.05) is 6.92 Å². The number of rotatable bonds is 4. The molecule has 1 saturated heterocycles. The first-order valence-corrected chi connectivity index (χ1v) is 9.38. The first-order chi connectivity index (χ1) is 11.7. The molecule has 2 atom stereocenters. The molecule has 2 aromatic heterocycles. The van der Waals surface area contributed by atoms with E-state index in [1.165, 1.54) is 0 Å². The van der Waals surface area contributed by atoms with Crippen LogP contribution in [0.1, 0.15) is 36.6 Å². The van der Waals surface area contributed by atoms with Crippen molar-refractivity contribution in [2.75, 3.05) is 18.1 Å². The Morgan fingerprint density at radius 3 is 2.92 bits per heavy atom. The number of hydrogen-bond donors (Lipinski definition) is 1. The summed E-state index contributed by atoms with van der Waals surface area (Å²) in [5.74, 6) is 1.88. The van der Waals surface area contributed by atoms with Crippen LogP contribution in [-0.2, 0) is 7.05 Å². The molecule has 0 bridgehead atoms. The standard InChI is InChI=1S/C17H23N5OS/c1-3-15(13-4-6-18-7-5-13)20-17(23)22-8-9-24-12-16(22)14-10-19-21(2)11-14/h4-7,10-11,15-16H,3,8-9,12H2,1-2H3,(H,20,23)/t15-,16-/m1/s1. The molecule has 0 unspecified atom stereocenters. The Bertz CT molecular complexity index is 675. The van der Waals surface area contributed by atoms with E-state index in [0.717, 1.165) is 35.6 Å². The van der Waals surface area contributed by atoms with Crippen LogP contribution < -0.4 is 5.32 Å². The van der Waals surface area contributed by atoms with Crippen molar-refractivity contribution in [2.24, 2.45) is 7.05 Å². The Morgan fingerprint density at radius 1 is 1.46 bits per heavy atom. The van der Waals surface area contributed by atoms with Crippen LogP contribution in [0.25, 0.3) is 0 Å². The number of hydrogen-bond acceptors (Lipinski definition) is 4. The van der Waals surface area contributed by atoms with Crippen LogP contribution in [0, 0.1) is 0 Å². The normalized spacial score (nSPS) is 19.1. The number of nitrogens with one attached hydrogen (secondary N) is 1. The quantitative estimate of drug-likeness (QED) is 0.925. The first kappa shape index (κ1) is 16.8. The van der Waals surface area contributed by atoms with Gasteiger partial charge in [0.25, 0.3) is 0 Å². The maximum absolute atomic E-state index is 12.9. The zero-order valence-electron chi connectivity index (χ0n) is 14.1. The molecule has 7 heteroatoms. The van der Waals surface area contributed by atoms with Gasteiger partial charge in [-0.05, 0) is 24.1 Å². The number of urea groups is 1. The number of carbonyl (C=O) groups excluding carboxylic acids is 1. The van der Waals surface area contributed by atoms with Crippen LogP contribution in [0.15, 0.2) is 36.9 Å². The molecular formula is C17H23N5OS. The van der Waals surface area contributed by atoms with Gasteiger partial charge in [0.15, 0.2) is 0 Å². The number of thioether (sulfide) groups is 1. The maximum Gasteiger partial charge on any atom is 0.318 e. The summed E-state index contributed by atoms with van der Waals surface area (Å²) in [6.07, 6.45) is 8.23. The predicted molar refractivity (Wildman–Crippen MR) is 95.8 cm³/mol. The van der Waals surface area contributed by atoms with Crippen molar-refractivity contribution in [3.05, 3.63) is 48.0 Å². The van der Waals surface area contributed by atoms with Gasteiger partial charge in [0, 0.05) is 49.3 Å². The summed E-state index contributed by atoms with van der Waals surface area (Å²) in [6, 6.07) is 3.99. The van der Waals surface area contributed by atoms with E-state index < -0.39 is 0 Å². The number of aryl methyl sites for hydroxylation is 1. The Hall–Kier alpha value is -2.02. The average molecular weight is 345 g/mol. The van der Waals surface area contributed by atoms with Crippen LogP contribution in [-0.4, -0.2) is 43.7 Å². The van der Waals surface area contributed by atoms with E-state index in [2.05, 4.69) is 22.3 Å². The topological polar surface area (TPSA) is 63.1 Å². The monoisotopic (exact) mass is 345 g/mol. The largest absolute Gasteiger partial charge is 0.331 e. The zero-order chi connectivity index (χ0) is 16.9. The second kappa shape index (κ2) is 7.70. The Kier molecular flexibility index (Phi) is 5.40. The zero-order valence-corrected chi connectivity index (χ0v) is 14.9. The highest BCUT2D eigenvalue weighted by atomic mass is 32.2. The summed E-state index contributed by atoms with van der Waals surface area (Å²) in [5.41, 5.74) is 2.18. The number of amides is 2. The highest BCUT2D eigenvalue weighted by molar-refractivity contribution is 7.99. The molecule has 0 aromatic carbocycles. The van der Waals surface area contributed by atoms with Gasteiger partial charge in [-0.25, -0.2) is 4.79 Å². The van der Waals surface area contributed by atoms with E-state index in [4.69, 9.17) is 0 Å². The molecule has 0 aliphatic carbocycles. The molecule has 2 aromatic rings. The Labute approximate surface area is 146 Å². The Morgan fingerprint density at radius 2 is 2.25 bits per heavy atom. The van der Waals surface area contributed by atoms with Crippen LogP contribution in [0.2, 0.25) is 0 Å². The van der Waals surface area contributed by atoms with Gasteiger partial charge in [0.05, 0.1) is 18.3 Å². The van der Waals surface area contributed by atoms with Gasteiger partial charge in [-0.3, -0.25) is 9.67 Å². The lowest BCUT2D eigenvalue weighted by Crippen LogP contribution is -2.47. The molecule has 128 valence electrons. The van der Waals surface area contributed by atoms with E-state index >= 15 is 0 Å². The molecule has 1 fully saturated rings. The SMILES string of the molecule is CC[C@@H](NC(=O)N1CCSC[C@@H]1c1cnn(C)c1)c1ccncc1. The van der Waals surface area contributed by atoms with Crippen molar-refractivity contribution in [1.29, 1.82) is 0 Å². The number of pyridine rings is 1. The maximum atomic E-state index is 12.9. The summed E-state index contributed by atoms with van der Waals surface area (Å²) in [4.78, 5) is 18.9. The van der Waals surface area contributed by atoms with Crippen molar-refractivity contribution in [1.82, 2.24) is 25.0 Å². The summed E-state index contributed by atoms with van der Waals surface area (Å²) in [5, 5.41) is 7.43. The van der Waals surface area contributed by atoms with E-state index in [1.54, 1.807) is 17.1 Å². The van der Waals surface area contributed by atoms with E-state index in [0.29, 0.717) is 0 Å². The molecule has 0 saturated carbocycles. The van der Waals surface area contributed by atoms with E-state index in [-0.39, 0.29) is 18.1 Å². The molecule has 6 nitrogen and oxygen atoms in total. The third kappa shape index (κ3) is 3.72. The highest BCUT2D eigenvalue weighted by Gasteiger charge is 2.30. The molecule has 0 radical (unpaired) electrons. The molecule has 24 heavy (non-hydrogen) atoms. The van der Waals surface area contributed by atoms with E-state index in [1.807, 2.05) is 48.2 Å². The second-order valence-electron chi connectivity index (χ2n) is 5.92. The fraction of sp³-hybridized carbons (Fsp3) is 0.471. The minimum Gasteiger partial charge on any atom is -0.331 e. The van der Waals surface area contributed by atoms with E-state index in [9.17, 15) is 4.79 Å². The molecule has 0 spiro atoms. The first-order valence-electron chi connectivity index (χ1n) is 8.22. The summed E-state index contributed by atoms with van der Waals surface area (Å²) in [6.45, 7) is 2.83. The van der Waals surface area contributed by atoms with Crippen molar-refractivity contribution in [3.63, 3.8) is 0 Å². The lowest BCUT2D eigenvalue weighted by atomic mass is 10.1. The fourth-order valence-electron chi connectivity index (χ4n) is 2.98. The average Bonchev–Trinajstić information content (AvgIpc) is 3.06. The smallest absolute Gasteiger partial charge is 0.318 e. The van der Waals surface area contributed by atoms with Gasteiger partial charge < -0.3 is 10.2 Å². The number of carbonyl (C=O) groups is 1. The molecular weight excluding hydrogens is 322 g/mol. The van der Waals surface area contributed by atoms with Crippen LogP contribution in [0.3, 0.4) is 0 Å². The minimum absolute atomic E-state index is 0.00429. The Balaban J connectivity index is 1.74. The second-order valence-corrected chi connectivity index (χ2v) is 7.07. The van der Waals surface area contributed by atoms with Crippen molar-refractivity contribution < 1.29 is 4.79 Å². The number of nitrogens with zero attached hydrogens (tertiary/aromatic N) is 4. The summed E-state index contributed by atoms with van der Waals surface area (Å²) >= 11 is 1.88. The molecule has 1 aliphatic rings. The van der Waals surface area contributed by atoms with Gasteiger partial charge in [0.1, 0.15) is 0 Å². The molecule has 1 N–H and O–H groups in total. The van der Waals surface area contributed by atoms with Crippen LogP contribution >= 0.6 is 11.8 Å². The number of aromatic nitrogens is 3. The van der Waals surface area contributed by atoms with Crippen molar-refractivity contribution in [3.8, 4) is 0 Å². The van der Waals surface area contributed by atoms with Crippen LogP contribution in [0.5, 0.6) is 0 Å². The predicted octanol–water partition coefficient (Wildman–Crippen LogP) is 2.77. The fourth-order valence-corrected chi connectivity index (χ4v) is 4.07. The molecule has 3 heterocycles. The van der Waals surface area contributed by atoms with Gasteiger partial charge in [-0.2, -0.15) is 16.9 Å².